The molecule has 186 valence electrons. The van der Waals surface area contributed by atoms with Crippen LogP contribution in [0, 0.1) is 6.92 Å². The summed E-state index contributed by atoms with van der Waals surface area (Å²) in [4.78, 5) is 29.4. The van der Waals surface area contributed by atoms with Gasteiger partial charge in [-0.25, -0.2) is 0 Å². The zero-order valence-corrected chi connectivity index (χ0v) is 20.6. The first kappa shape index (κ1) is 25.0. The summed E-state index contributed by atoms with van der Waals surface area (Å²) in [5, 5.41) is 20.9. The molecule has 1 aliphatic rings. The molecule has 3 aromatic rings. The van der Waals surface area contributed by atoms with Crippen LogP contribution >= 0.6 is 0 Å². The molecule has 0 aliphatic carbocycles. The van der Waals surface area contributed by atoms with Crippen LogP contribution in [-0.4, -0.2) is 58.9 Å². The van der Waals surface area contributed by atoms with E-state index in [4.69, 9.17) is 4.74 Å². The Balaban J connectivity index is 1.64. The van der Waals surface area contributed by atoms with Gasteiger partial charge in [0, 0.05) is 18.7 Å². The van der Waals surface area contributed by atoms with E-state index in [1.165, 1.54) is 17.0 Å². The number of aryl methyl sites for hydroxylation is 1. The molecule has 2 N–H and O–H groups in total. The monoisotopic (exact) mass is 486 g/mol. The molecule has 0 bridgehead atoms. The maximum atomic E-state index is 13.1. The molecule has 0 aromatic heterocycles. The number of aromatic hydroxyl groups is 1. The van der Waals surface area contributed by atoms with E-state index in [1.807, 2.05) is 44.1 Å². The number of carbonyl (C=O) groups excluding carboxylic acids is 2. The Morgan fingerprint density at radius 1 is 1.00 bits per heavy atom. The summed E-state index contributed by atoms with van der Waals surface area (Å²) in [6.07, 6.45) is 0. The number of ether oxygens (including phenoxy) is 1. The van der Waals surface area contributed by atoms with Crippen LogP contribution < -0.4 is 4.74 Å². The largest absolute Gasteiger partial charge is 0.508 e. The molecule has 1 atom stereocenters. The zero-order chi connectivity index (χ0) is 25.8. The van der Waals surface area contributed by atoms with Crippen LogP contribution in [0.1, 0.15) is 28.3 Å². The van der Waals surface area contributed by atoms with Gasteiger partial charge in [0.15, 0.2) is 0 Å². The number of aliphatic hydroxyl groups is 1. The summed E-state index contributed by atoms with van der Waals surface area (Å²) < 4.78 is 5.86. The minimum absolute atomic E-state index is 0.0258. The standard InChI is InChI=1S/C29H30N2O5/c1-19-5-4-6-20(17-19)18-36-24-13-9-22(10-14-24)27(33)25-26(21-7-11-23(32)12-8-21)31(16-15-30(2)3)29(35)28(25)34/h4-14,17,26,32-33H,15-16,18H2,1-3H3/b27-25+/t26-/m0/s1. The van der Waals surface area contributed by atoms with Gasteiger partial charge in [0.25, 0.3) is 11.7 Å². The van der Waals surface area contributed by atoms with Crippen LogP contribution in [-0.2, 0) is 16.2 Å². The fourth-order valence-electron chi connectivity index (χ4n) is 4.25. The minimum atomic E-state index is -0.761. The number of nitrogens with zero attached hydrogens (tertiary/aromatic N) is 2. The molecule has 1 amide bonds. The predicted molar refractivity (Wildman–Crippen MR) is 138 cm³/mol. The number of carbonyl (C=O) groups is 2. The molecule has 1 heterocycles. The van der Waals surface area contributed by atoms with Crippen molar-refractivity contribution in [2.45, 2.75) is 19.6 Å². The summed E-state index contributed by atoms with van der Waals surface area (Å²) in [5.41, 5.74) is 3.27. The molecule has 4 rings (SSSR count). The maximum absolute atomic E-state index is 13.1. The number of phenols is 1. The van der Waals surface area contributed by atoms with Crippen LogP contribution in [0.25, 0.3) is 5.76 Å². The van der Waals surface area contributed by atoms with E-state index in [1.54, 1.807) is 36.4 Å². The smallest absolute Gasteiger partial charge is 0.295 e. The Morgan fingerprint density at radius 3 is 2.33 bits per heavy atom. The number of amides is 1. The Labute approximate surface area is 210 Å². The minimum Gasteiger partial charge on any atom is -0.508 e. The van der Waals surface area contributed by atoms with Crippen LogP contribution in [0.5, 0.6) is 11.5 Å². The van der Waals surface area contributed by atoms with Gasteiger partial charge < -0.3 is 24.7 Å². The number of hydrogen-bond donors (Lipinski definition) is 2. The molecule has 0 spiro atoms. The quantitative estimate of drug-likeness (QED) is 0.281. The average Bonchev–Trinajstić information content (AvgIpc) is 3.11. The molecule has 1 saturated heterocycles. The van der Waals surface area contributed by atoms with Gasteiger partial charge in [-0.2, -0.15) is 0 Å². The Kier molecular flexibility index (Phi) is 7.41. The molecule has 7 heteroatoms. The number of likely N-dealkylation sites (N-methyl/N-ethyl adjacent to an activating group) is 1. The third kappa shape index (κ3) is 5.42. The second-order valence-corrected chi connectivity index (χ2v) is 9.19. The van der Waals surface area contributed by atoms with Gasteiger partial charge >= 0.3 is 0 Å². The lowest BCUT2D eigenvalue weighted by molar-refractivity contribution is -0.140. The molecular weight excluding hydrogens is 456 g/mol. The van der Waals surface area contributed by atoms with Crippen LogP contribution in [0.3, 0.4) is 0 Å². The van der Waals surface area contributed by atoms with Crippen molar-refractivity contribution in [3.63, 3.8) is 0 Å². The van der Waals surface area contributed by atoms with E-state index in [2.05, 4.69) is 6.07 Å². The normalized spacial score (nSPS) is 17.1. The number of hydrogen-bond acceptors (Lipinski definition) is 6. The zero-order valence-electron chi connectivity index (χ0n) is 20.6. The molecule has 1 fully saturated rings. The lowest BCUT2D eigenvalue weighted by Crippen LogP contribution is -2.35. The highest BCUT2D eigenvalue weighted by Crippen LogP contribution is 2.39. The highest BCUT2D eigenvalue weighted by atomic mass is 16.5. The molecule has 0 unspecified atom stereocenters. The van der Waals surface area contributed by atoms with Crippen molar-refractivity contribution >= 4 is 17.4 Å². The van der Waals surface area contributed by atoms with Crippen LogP contribution in [0.15, 0.2) is 78.4 Å². The van der Waals surface area contributed by atoms with Crippen molar-refractivity contribution in [3.05, 3.63) is 101 Å². The average molecular weight is 487 g/mol. The van der Waals surface area contributed by atoms with Gasteiger partial charge in [-0.3, -0.25) is 9.59 Å². The van der Waals surface area contributed by atoms with E-state index in [9.17, 15) is 19.8 Å². The summed E-state index contributed by atoms with van der Waals surface area (Å²) >= 11 is 0. The summed E-state index contributed by atoms with van der Waals surface area (Å²) in [6, 6.07) is 20.4. The van der Waals surface area contributed by atoms with Gasteiger partial charge in [-0.15, -0.1) is 0 Å². The van der Waals surface area contributed by atoms with Gasteiger partial charge in [0.05, 0.1) is 11.6 Å². The number of Topliss-reactive ketones (excluding diaryl/α,β-unsaturated/α-hetero) is 1. The first-order valence-electron chi connectivity index (χ1n) is 11.8. The van der Waals surface area contributed by atoms with E-state index in [-0.39, 0.29) is 17.1 Å². The van der Waals surface area contributed by atoms with E-state index >= 15 is 0 Å². The highest BCUT2D eigenvalue weighted by Gasteiger charge is 2.45. The lowest BCUT2D eigenvalue weighted by Gasteiger charge is -2.26. The number of likely N-dealkylation sites (tertiary alicyclic amines) is 1. The fraction of sp³-hybridized carbons (Fsp3) is 0.241. The molecule has 1 aliphatic heterocycles. The number of phenolic OH excluding ortho intramolecular Hbond substituents is 1. The molecule has 0 saturated carbocycles. The Bertz CT molecular complexity index is 1280. The topological polar surface area (TPSA) is 90.3 Å². The predicted octanol–water partition coefficient (Wildman–Crippen LogP) is 4.26. The van der Waals surface area contributed by atoms with Crippen molar-refractivity contribution in [2.75, 3.05) is 27.2 Å². The molecule has 0 radical (unpaired) electrons. The van der Waals surface area contributed by atoms with Gasteiger partial charge in [0.1, 0.15) is 23.9 Å². The van der Waals surface area contributed by atoms with E-state index < -0.39 is 17.7 Å². The Hall–Kier alpha value is -4.10. The second kappa shape index (κ2) is 10.7. The number of rotatable bonds is 8. The van der Waals surface area contributed by atoms with E-state index in [0.717, 1.165) is 11.1 Å². The van der Waals surface area contributed by atoms with Crippen molar-refractivity contribution in [1.82, 2.24) is 9.80 Å². The van der Waals surface area contributed by atoms with E-state index in [0.29, 0.717) is 36.6 Å². The van der Waals surface area contributed by atoms with Gasteiger partial charge in [-0.1, -0.05) is 42.0 Å². The summed E-state index contributed by atoms with van der Waals surface area (Å²) in [5.74, 6) is -0.942. The number of benzene rings is 3. The van der Waals surface area contributed by atoms with Crippen molar-refractivity contribution in [2.24, 2.45) is 0 Å². The van der Waals surface area contributed by atoms with Crippen molar-refractivity contribution in [1.29, 1.82) is 0 Å². The lowest BCUT2D eigenvalue weighted by atomic mass is 9.95. The van der Waals surface area contributed by atoms with Gasteiger partial charge in [-0.05, 0) is 68.5 Å². The molecule has 3 aromatic carbocycles. The first-order valence-corrected chi connectivity index (χ1v) is 11.8. The second-order valence-electron chi connectivity index (χ2n) is 9.19. The fourth-order valence-corrected chi connectivity index (χ4v) is 4.25. The molecule has 36 heavy (non-hydrogen) atoms. The third-order valence-corrected chi connectivity index (χ3v) is 6.15. The highest BCUT2D eigenvalue weighted by molar-refractivity contribution is 6.46. The van der Waals surface area contributed by atoms with Gasteiger partial charge in [0.2, 0.25) is 0 Å². The van der Waals surface area contributed by atoms with Crippen molar-refractivity contribution < 1.29 is 24.5 Å². The SMILES string of the molecule is Cc1cccc(COc2ccc(/C(O)=C3\C(=O)C(=O)N(CCN(C)C)[C@H]3c3ccc(O)cc3)cc2)c1. The Morgan fingerprint density at radius 2 is 1.69 bits per heavy atom. The molecule has 7 nitrogen and oxygen atoms in total. The maximum Gasteiger partial charge on any atom is 0.295 e. The summed E-state index contributed by atoms with van der Waals surface area (Å²) in [6.45, 7) is 3.29. The number of aliphatic hydroxyl groups excluding tert-OH is 1. The van der Waals surface area contributed by atoms with Crippen molar-refractivity contribution in [3.8, 4) is 11.5 Å². The van der Waals surface area contributed by atoms with Crippen LogP contribution in [0.4, 0.5) is 0 Å². The third-order valence-electron chi connectivity index (χ3n) is 6.15. The first-order chi connectivity index (χ1) is 17.2. The van der Waals surface area contributed by atoms with Crippen LogP contribution in [0.2, 0.25) is 0 Å². The summed E-state index contributed by atoms with van der Waals surface area (Å²) in [7, 11) is 3.77. The number of ketones is 1. The molecular formula is C29H30N2O5.